The topological polar surface area (TPSA) is 18.5 Å². The zero-order chi connectivity index (χ0) is 19.9. The van der Waals surface area contributed by atoms with Crippen molar-refractivity contribution in [3.63, 3.8) is 0 Å². The van der Waals surface area contributed by atoms with Crippen LogP contribution in [0.25, 0.3) is 0 Å². The number of nitrogens with one attached hydrogen (secondary N) is 1. The minimum absolute atomic E-state index is 0. The highest BCUT2D eigenvalue weighted by Gasteiger charge is 2.19. The quantitative estimate of drug-likeness (QED) is 0.269. The Morgan fingerprint density at radius 3 is 1.33 bits per heavy atom. The molecule has 3 rings (SSSR count). The molecule has 0 fully saturated rings. The second kappa shape index (κ2) is 13.5. The number of benzene rings is 2. The normalized spacial score (nSPS) is 11.3. The molecule has 0 radical (unpaired) electrons. The van der Waals surface area contributed by atoms with Crippen LogP contribution in [0.1, 0.15) is 53.4 Å². The number of fused-ring (bicyclic) bond motifs is 2. The summed E-state index contributed by atoms with van der Waals surface area (Å²) in [6, 6.07) is 13.7. The number of rotatable bonds is 10. The molecule has 0 aromatic heterocycles. The summed E-state index contributed by atoms with van der Waals surface area (Å²) in [6.07, 6.45) is 4.72. The van der Waals surface area contributed by atoms with Crippen LogP contribution in [0.15, 0.2) is 46.2 Å². The molecule has 2 aromatic carbocycles. The zero-order valence-corrected chi connectivity index (χ0v) is 23.0. The molecule has 1 aliphatic heterocycles. The van der Waals surface area contributed by atoms with Crippen LogP contribution >= 0.6 is 45.7 Å². The van der Waals surface area contributed by atoms with E-state index >= 15 is 0 Å². The molecule has 0 saturated heterocycles. The lowest BCUT2D eigenvalue weighted by molar-refractivity contribution is 0.744. The van der Waals surface area contributed by atoms with Gasteiger partial charge in [0, 0.05) is 47.3 Å². The Balaban J connectivity index is 0.00000225. The van der Waals surface area contributed by atoms with Crippen LogP contribution in [-0.2, 0) is 0 Å². The molecule has 30 heavy (non-hydrogen) atoms. The van der Waals surface area contributed by atoms with Gasteiger partial charge in [0.25, 0.3) is 0 Å². The zero-order valence-electron chi connectivity index (χ0n) is 18.7. The van der Waals surface area contributed by atoms with Crippen molar-refractivity contribution >= 4 is 68.5 Å². The lowest BCUT2D eigenvalue weighted by Gasteiger charge is -2.28. The third-order valence-electron chi connectivity index (χ3n) is 5.12. The van der Waals surface area contributed by atoms with Gasteiger partial charge in [-0.05, 0) is 62.1 Å². The molecule has 3 nitrogen and oxygen atoms in total. The maximum Gasteiger partial charge on any atom is 0.0527 e. The van der Waals surface area contributed by atoms with E-state index in [0.717, 1.165) is 26.2 Å². The predicted molar refractivity (Wildman–Crippen MR) is 147 cm³/mol. The van der Waals surface area contributed by atoms with E-state index in [1.54, 1.807) is 0 Å². The maximum atomic E-state index is 3.64. The summed E-state index contributed by atoms with van der Waals surface area (Å²) >= 11 is 1.90. The van der Waals surface area contributed by atoms with E-state index in [2.05, 4.69) is 79.2 Å². The first-order chi connectivity index (χ1) is 13.7. The molecule has 0 spiro atoms. The van der Waals surface area contributed by atoms with Crippen molar-refractivity contribution in [2.75, 3.05) is 41.3 Å². The van der Waals surface area contributed by atoms with Crippen molar-refractivity contribution in [3.8, 4) is 0 Å². The fourth-order valence-electron chi connectivity index (χ4n) is 3.87. The molecule has 2 aromatic rings. The number of nitrogens with zero attached hydrogens (tertiary/aromatic N) is 2. The van der Waals surface area contributed by atoms with Crippen molar-refractivity contribution in [1.82, 2.24) is 0 Å². The average Bonchev–Trinajstić information content (AvgIpc) is 2.71. The lowest BCUT2D eigenvalue weighted by Crippen LogP contribution is -2.25. The number of anilines is 4. The van der Waals surface area contributed by atoms with Gasteiger partial charge in [0.15, 0.2) is 0 Å². The summed E-state index contributed by atoms with van der Waals surface area (Å²) in [4.78, 5) is 7.68. The molecular weight excluding hydrogens is 522 g/mol. The second-order valence-electron chi connectivity index (χ2n) is 7.56. The maximum absolute atomic E-state index is 3.64. The summed E-state index contributed by atoms with van der Waals surface area (Å²) in [6.45, 7) is 13.5. The average molecular weight is 559 g/mol. The molecule has 0 bridgehead atoms. The van der Waals surface area contributed by atoms with Gasteiger partial charge < -0.3 is 15.1 Å². The molecule has 0 amide bonds. The Labute approximate surface area is 208 Å². The molecule has 1 N–H and O–H groups in total. The molecule has 0 unspecified atom stereocenters. The number of halogens is 2. The van der Waals surface area contributed by atoms with Crippen molar-refractivity contribution in [1.29, 1.82) is 0 Å². The smallest absolute Gasteiger partial charge is 0.0527 e. The molecule has 1 aliphatic rings. The Kier molecular flexibility index (Phi) is 12.3. The van der Waals surface area contributed by atoms with Crippen LogP contribution in [0.5, 0.6) is 0 Å². The van der Waals surface area contributed by atoms with Crippen LogP contribution in [0.4, 0.5) is 22.7 Å². The molecule has 0 aliphatic carbocycles. The first-order valence-electron chi connectivity index (χ1n) is 10.9. The SMILES string of the molecule is Br.Br.CCCN(CCC)c1ccc2c(c1)Sc1cc(N(CCC)CCC)ccc1N2. The van der Waals surface area contributed by atoms with Gasteiger partial charge in [-0.1, -0.05) is 39.5 Å². The van der Waals surface area contributed by atoms with Gasteiger partial charge >= 0.3 is 0 Å². The van der Waals surface area contributed by atoms with Gasteiger partial charge in [0.1, 0.15) is 0 Å². The summed E-state index contributed by atoms with van der Waals surface area (Å²) in [5.74, 6) is 0. The van der Waals surface area contributed by atoms with E-state index in [9.17, 15) is 0 Å². The van der Waals surface area contributed by atoms with Crippen molar-refractivity contribution in [3.05, 3.63) is 36.4 Å². The Hall–Kier alpha value is -0.850. The molecule has 6 heteroatoms. The number of hydrogen-bond acceptors (Lipinski definition) is 4. The summed E-state index contributed by atoms with van der Waals surface area (Å²) < 4.78 is 0. The minimum Gasteiger partial charge on any atom is -0.372 e. The van der Waals surface area contributed by atoms with E-state index in [0.29, 0.717) is 0 Å². The van der Waals surface area contributed by atoms with Gasteiger partial charge in [0.05, 0.1) is 11.4 Å². The Bertz CT molecular complexity index is 710. The fourth-order valence-corrected chi connectivity index (χ4v) is 4.93. The van der Waals surface area contributed by atoms with Crippen LogP contribution in [-0.4, -0.2) is 26.2 Å². The standard InChI is InChI=1S/C24H35N3S.2BrH/c1-5-13-26(14-6-2)19-9-11-21-23(17-19)28-24-18-20(10-12-22(24)25-21)27(15-7-3)16-8-4;;/h9-12,17-18,25H,5-8,13-16H2,1-4H3;2*1H. The van der Waals surface area contributed by atoms with E-state index < -0.39 is 0 Å². The minimum atomic E-state index is 0. The fraction of sp³-hybridized carbons (Fsp3) is 0.500. The van der Waals surface area contributed by atoms with E-state index in [-0.39, 0.29) is 34.0 Å². The molecule has 0 atom stereocenters. The summed E-state index contributed by atoms with van der Waals surface area (Å²) in [7, 11) is 0. The van der Waals surface area contributed by atoms with Gasteiger partial charge in [-0.3, -0.25) is 0 Å². The highest BCUT2D eigenvalue weighted by atomic mass is 79.9. The molecule has 0 saturated carbocycles. The van der Waals surface area contributed by atoms with E-state index in [1.807, 2.05) is 11.8 Å². The van der Waals surface area contributed by atoms with Crippen molar-refractivity contribution in [2.45, 2.75) is 63.2 Å². The first-order valence-corrected chi connectivity index (χ1v) is 11.7. The summed E-state index contributed by atoms with van der Waals surface area (Å²) in [5.41, 5.74) is 5.13. The van der Waals surface area contributed by atoms with Crippen molar-refractivity contribution in [2.24, 2.45) is 0 Å². The van der Waals surface area contributed by atoms with E-state index in [4.69, 9.17) is 0 Å². The highest BCUT2D eigenvalue weighted by molar-refractivity contribution is 8.93. The Morgan fingerprint density at radius 2 is 1.00 bits per heavy atom. The second-order valence-corrected chi connectivity index (χ2v) is 8.65. The van der Waals surface area contributed by atoms with Crippen molar-refractivity contribution < 1.29 is 0 Å². The lowest BCUT2D eigenvalue weighted by atomic mass is 10.2. The van der Waals surface area contributed by atoms with Gasteiger partial charge in [-0.15, -0.1) is 34.0 Å². The molecular formula is C24H37Br2N3S. The third-order valence-corrected chi connectivity index (χ3v) is 6.24. The monoisotopic (exact) mass is 557 g/mol. The van der Waals surface area contributed by atoms with Crippen LogP contribution in [0.2, 0.25) is 0 Å². The Morgan fingerprint density at radius 1 is 0.633 bits per heavy atom. The predicted octanol–water partition coefficient (Wildman–Crippen LogP) is 8.30. The summed E-state index contributed by atoms with van der Waals surface area (Å²) in [5, 5.41) is 3.64. The molecule has 168 valence electrons. The van der Waals surface area contributed by atoms with Gasteiger partial charge in [-0.25, -0.2) is 0 Å². The van der Waals surface area contributed by atoms with Crippen LogP contribution in [0.3, 0.4) is 0 Å². The number of hydrogen-bond donors (Lipinski definition) is 1. The molecule has 1 heterocycles. The third kappa shape index (κ3) is 6.57. The van der Waals surface area contributed by atoms with E-state index in [1.165, 1.54) is 58.2 Å². The van der Waals surface area contributed by atoms with Crippen LogP contribution < -0.4 is 15.1 Å². The van der Waals surface area contributed by atoms with Gasteiger partial charge in [0.2, 0.25) is 0 Å². The first kappa shape index (κ1) is 27.2. The van der Waals surface area contributed by atoms with Gasteiger partial charge in [-0.2, -0.15) is 0 Å². The van der Waals surface area contributed by atoms with Crippen LogP contribution in [0, 0.1) is 0 Å². The largest absolute Gasteiger partial charge is 0.372 e. The highest BCUT2D eigenvalue weighted by Crippen LogP contribution is 2.46.